The average Bonchev–Trinajstić information content (AvgIpc) is 2.89. The molecule has 2 aromatic rings. The number of methoxy groups -OCH3 is 1. The number of halogens is 2. The predicted octanol–water partition coefficient (Wildman–Crippen LogP) is 2.34. The Morgan fingerprint density at radius 2 is 2.27 bits per heavy atom. The summed E-state index contributed by atoms with van der Waals surface area (Å²) in [5.74, 6) is -0.526. The number of nitrogens with zero attached hydrogens (tertiary/aromatic N) is 3. The highest BCUT2D eigenvalue weighted by Gasteiger charge is 2.18. The maximum Gasteiger partial charge on any atom is 0.246 e. The predicted molar refractivity (Wildman–Crippen MR) is 96.1 cm³/mol. The summed E-state index contributed by atoms with van der Waals surface area (Å²) in [5, 5.41) is 7.48. The van der Waals surface area contributed by atoms with Crippen molar-refractivity contribution in [3.63, 3.8) is 0 Å². The summed E-state index contributed by atoms with van der Waals surface area (Å²) in [5.41, 5.74) is 2.46. The molecule has 0 aliphatic carbocycles. The van der Waals surface area contributed by atoms with Gasteiger partial charge in [-0.15, -0.1) is 0 Å². The first-order chi connectivity index (χ1) is 12.6. The van der Waals surface area contributed by atoms with E-state index in [4.69, 9.17) is 16.3 Å². The first kappa shape index (κ1) is 18.8. The normalized spacial score (nSPS) is 14.7. The van der Waals surface area contributed by atoms with Crippen molar-refractivity contribution in [3.05, 3.63) is 52.1 Å². The second-order valence-corrected chi connectivity index (χ2v) is 6.74. The number of rotatable bonds is 6. The number of carbonyl (C=O) groups excluding carboxylic acids is 1. The largest absolute Gasteiger partial charge is 0.375 e. The van der Waals surface area contributed by atoms with Gasteiger partial charge in [-0.25, -0.2) is 4.39 Å². The van der Waals surface area contributed by atoms with Crippen molar-refractivity contribution in [1.29, 1.82) is 0 Å². The van der Waals surface area contributed by atoms with Gasteiger partial charge in [0.2, 0.25) is 5.91 Å². The molecule has 3 rings (SSSR count). The van der Waals surface area contributed by atoms with Gasteiger partial charge in [0.15, 0.2) is 0 Å². The number of nitrogens with one attached hydrogen (secondary N) is 1. The first-order valence-electron chi connectivity index (χ1n) is 8.53. The molecule has 0 saturated carbocycles. The van der Waals surface area contributed by atoms with Crippen LogP contribution < -0.4 is 5.32 Å². The molecule has 2 heterocycles. The van der Waals surface area contributed by atoms with E-state index in [-0.39, 0.29) is 23.4 Å². The summed E-state index contributed by atoms with van der Waals surface area (Å²) in [6.07, 6.45) is 0.923. The lowest BCUT2D eigenvalue weighted by atomic mass is 10.2. The summed E-state index contributed by atoms with van der Waals surface area (Å²) in [6.45, 7) is 3.23. The van der Waals surface area contributed by atoms with Crippen molar-refractivity contribution in [2.24, 2.45) is 0 Å². The molecule has 6 nitrogen and oxygen atoms in total. The van der Waals surface area contributed by atoms with E-state index in [9.17, 15) is 9.18 Å². The number of amides is 1. The second-order valence-electron chi connectivity index (χ2n) is 6.34. The van der Waals surface area contributed by atoms with Crippen LogP contribution in [0.15, 0.2) is 24.3 Å². The number of fused-ring (bicyclic) bond motifs is 1. The van der Waals surface area contributed by atoms with Crippen LogP contribution in [-0.2, 0) is 35.7 Å². The number of aryl methyl sites for hydroxylation is 1. The van der Waals surface area contributed by atoms with E-state index in [1.165, 1.54) is 7.11 Å². The topological polar surface area (TPSA) is 59.4 Å². The van der Waals surface area contributed by atoms with Gasteiger partial charge in [-0.2, -0.15) is 5.10 Å². The lowest BCUT2D eigenvalue weighted by molar-refractivity contribution is -0.124. The van der Waals surface area contributed by atoms with Crippen molar-refractivity contribution in [1.82, 2.24) is 20.0 Å². The number of hydrogen-bond acceptors (Lipinski definition) is 4. The standard InChI is InChI=1S/C18H22ClFN4O2/c1-26-12-17(25)21-9-14-8-15-11-23(6-3-7-24(15)22-14)10-13-4-2-5-16(19)18(13)20/h2,4-5,8H,3,6-7,9-12H2,1H3,(H,21,25). The van der Waals surface area contributed by atoms with Crippen LogP contribution in [0.3, 0.4) is 0 Å². The number of benzene rings is 1. The summed E-state index contributed by atoms with van der Waals surface area (Å²) < 4.78 is 20.9. The number of carbonyl (C=O) groups is 1. The average molecular weight is 381 g/mol. The molecule has 1 aliphatic rings. The van der Waals surface area contributed by atoms with Crippen LogP contribution in [0.2, 0.25) is 5.02 Å². The van der Waals surface area contributed by atoms with E-state index in [1.54, 1.807) is 18.2 Å². The Morgan fingerprint density at radius 3 is 3.08 bits per heavy atom. The Hall–Kier alpha value is -1.96. The molecular formula is C18H22ClFN4O2. The van der Waals surface area contributed by atoms with Gasteiger partial charge in [-0.1, -0.05) is 23.7 Å². The number of ether oxygens (including phenoxy) is 1. The molecule has 1 N–H and O–H groups in total. The molecule has 1 aromatic carbocycles. The van der Waals surface area contributed by atoms with Gasteiger partial charge < -0.3 is 10.1 Å². The lowest BCUT2D eigenvalue weighted by Gasteiger charge is -2.20. The fourth-order valence-corrected chi connectivity index (χ4v) is 3.29. The summed E-state index contributed by atoms with van der Waals surface area (Å²) in [4.78, 5) is 13.7. The Kier molecular flexibility index (Phi) is 6.24. The molecule has 1 amide bonds. The maximum atomic E-state index is 14.2. The fourth-order valence-electron chi connectivity index (χ4n) is 3.09. The minimum absolute atomic E-state index is 0.0343. The van der Waals surface area contributed by atoms with E-state index in [1.807, 2.05) is 10.7 Å². The fraction of sp³-hybridized carbons (Fsp3) is 0.444. The summed E-state index contributed by atoms with van der Waals surface area (Å²) in [7, 11) is 1.48. The van der Waals surface area contributed by atoms with Gasteiger partial charge in [0.25, 0.3) is 0 Å². The summed E-state index contributed by atoms with van der Waals surface area (Å²) >= 11 is 5.88. The van der Waals surface area contributed by atoms with Gasteiger partial charge in [-0.3, -0.25) is 14.4 Å². The minimum atomic E-state index is -0.353. The van der Waals surface area contributed by atoms with Crippen LogP contribution in [0.25, 0.3) is 0 Å². The third kappa shape index (κ3) is 4.60. The van der Waals surface area contributed by atoms with Crippen molar-refractivity contribution in [3.8, 4) is 0 Å². The molecule has 0 saturated heterocycles. The van der Waals surface area contributed by atoms with Crippen LogP contribution in [0.5, 0.6) is 0 Å². The maximum absolute atomic E-state index is 14.2. The first-order valence-corrected chi connectivity index (χ1v) is 8.91. The molecule has 1 aromatic heterocycles. The Balaban J connectivity index is 1.66. The van der Waals surface area contributed by atoms with Crippen LogP contribution in [-0.4, -0.2) is 40.8 Å². The van der Waals surface area contributed by atoms with Gasteiger partial charge in [-0.05, 0) is 18.6 Å². The highest BCUT2D eigenvalue weighted by atomic mass is 35.5. The molecule has 1 aliphatic heterocycles. The molecular weight excluding hydrogens is 359 g/mol. The van der Waals surface area contributed by atoms with Crippen molar-refractivity contribution in [2.75, 3.05) is 20.3 Å². The van der Waals surface area contributed by atoms with Crippen LogP contribution in [0.4, 0.5) is 4.39 Å². The molecule has 8 heteroatoms. The third-order valence-electron chi connectivity index (χ3n) is 4.31. The van der Waals surface area contributed by atoms with Crippen LogP contribution in [0.1, 0.15) is 23.4 Å². The molecule has 0 unspecified atom stereocenters. The van der Waals surface area contributed by atoms with Crippen LogP contribution in [0, 0.1) is 5.82 Å². The highest BCUT2D eigenvalue weighted by Crippen LogP contribution is 2.21. The molecule has 0 spiro atoms. The monoisotopic (exact) mass is 380 g/mol. The number of hydrogen-bond donors (Lipinski definition) is 1. The zero-order valence-corrected chi connectivity index (χ0v) is 15.4. The van der Waals surface area contributed by atoms with Gasteiger partial charge in [0.05, 0.1) is 23.0 Å². The zero-order chi connectivity index (χ0) is 18.5. The molecule has 0 bridgehead atoms. The lowest BCUT2D eigenvalue weighted by Crippen LogP contribution is -2.26. The summed E-state index contributed by atoms with van der Waals surface area (Å²) in [6, 6.07) is 7.07. The van der Waals surface area contributed by atoms with Gasteiger partial charge in [0, 0.05) is 38.9 Å². The van der Waals surface area contributed by atoms with E-state index < -0.39 is 0 Å². The van der Waals surface area contributed by atoms with Crippen LogP contribution >= 0.6 is 11.6 Å². The zero-order valence-electron chi connectivity index (χ0n) is 14.7. The Labute approximate surface area is 156 Å². The van der Waals surface area contributed by atoms with Gasteiger partial charge in [0.1, 0.15) is 12.4 Å². The smallest absolute Gasteiger partial charge is 0.246 e. The minimum Gasteiger partial charge on any atom is -0.375 e. The quantitative estimate of drug-likeness (QED) is 0.835. The van der Waals surface area contributed by atoms with E-state index in [0.29, 0.717) is 25.2 Å². The molecule has 140 valence electrons. The van der Waals surface area contributed by atoms with Gasteiger partial charge >= 0.3 is 0 Å². The Bertz CT molecular complexity index is 781. The molecule has 0 radical (unpaired) electrons. The third-order valence-corrected chi connectivity index (χ3v) is 4.60. The molecule has 26 heavy (non-hydrogen) atoms. The van der Waals surface area contributed by atoms with Crippen molar-refractivity contribution < 1.29 is 13.9 Å². The number of aromatic nitrogens is 2. The Morgan fingerprint density at radius 1 is 1.42 bits per heavy atom. The highest BCUT2D eigenvalue weighted by molar-refractivity contribution is 6.30. The second kappa shape index (κ2) is 8.62. The van der Waals surface area contributed by atoms with E-state index in [0.717, 1.165) is 30.9 Å². The van der Waals surface area contributed by atoms with E-state index in [2.05, 4.69) is 15.3 Å². The SMILES string of the molecule is COCC(=O)NCc1cc2n(n1)CCCN(Cc1cccc(Cl)c1F)C2. The van der Waals surface area contributed by atoms with Crippen molar-refractivity contribution in [2.45, 2.75) is 32.6 Å². The van der Waals surface area contributed by atoms with E-state index >= 15 is 0 Å². The molecule has 0 fully saturated rings. The van der Waals surface area contributed by atoms with Crippen molar-refractivity contribution >= 4 is 17.5 Å². The molecule has 0 atom stereocenters.